The summed E-state index contributed by atoms with van der Waals surface area (Å²) in [7, 11) is 0. The fourth-order valence-corrected chi connectivity index (χ4v) is 1.06. The summed E-state index contributed by atoms with van der Waals surface area (Å²) in [5.74, 6) is -3.50. The molecule has 5 heteroatoms. The lowest BCUT2D eigenvalue weighted by molar-refractivity contribution is -0.300. The molecule has 1 atom stereocenters. The minimum atomic E-state index is -1.84. The molecule has 0 spiro atoms. The molecular formula is C10H8FO4-. The predicted molar refractivity (Wildman–Crippen MR) is 46.0 cm³/mol. The van der Waals surface area contributed by atoms with Crippen LogP contribution in [0.2, 0.25) is 0 Å². The minimum absolute atomic E-state index is 0.283. The molecule has 0 amide bonds. The Balaban J connectivity index is 2.69. The van der Waals surface area contributed by atoms with E-state index in [2.05, 4.69) is 0 Å². The molecule has 0 aliphatic rings. The van der Waals surface area contributed by atoms with Gasteiger partial charge in [-0.3, -0.25) is 4.79 Å². The van der Waals surface area contributed by atoms with E-state index in [-0.39, 0.29) is 5.56 Å². The second-order valence-electron chi connectivity index (χ2n) is 2.98. The summed E-state index contributed by atoms with van der Waals surface area (Å²) < 4.78 is 12.5. The standard InChI is InChI=1S/C10H9FO4/c11-7-3-1-6(2-4-7)8(12)5-9(13)10(14)15/h1-4,8,12H,5H2,(H,14,15)/p-1. The van der Waals surface area contributed by atoms with Gasteiger partial charge in [-0.25, -0.2) is 4.39 Å². The van der Waals surface area contributed by atoms with Crippen molar-refractivity contribution in [2.75, 3.05) is 0 Å². The van der Waals surface area contributed by atoms with Gasteiger partial charge in [0, 0.05) is 6.42 Å². The number of carbonyl (C=O) groups is 2. The zero-order chi connectivity index (χ0) is 11.4. The predicted octanol–water partition coefficient (Wildman–Crippen LogP) is -0.432. The smallest absolute Gasteiger partial charge is 0.181 e. The van der Waals surface area contributed by atoms with E-state index in [1.54, 1.807) is 0 Å². The van der Waals surface area contributed by atoms with E-state index in [0.29, 0.717) is 0 Å². The van der Waals surface area contributed by atoms with Crippen LogP contribution in [0.25, 0.3) is 0 Å². The van der Waals surface area contributed by atoms with Crippen LogP contribution in [0.5, 0.6) is 0 Å². The Bertz CT molecular complexity index is 372. The Morgan fingerprint density at radius 2 is 1.87 bits per heavy atom. The third kappa shape index (κ3) is 3.14. The first-order valence-electron chi connectivity index (χ1n) is 4.18. The first-order chi connectivity index (χ1) is 7.00. The van der Waals surface area contributed by atoms with Crippen molar-refractivity contribution < 1.29 is 24.2 Å². The molecule has 0 radical (unpaired) electrons. The number of rotatable bonds is 4. The number of carboxylic acid groups (broad SMARTS) is 1. The molecule has 1 N–H and O–H groups in total. The van der Waals surface area contributed by atoms with Crippen LogP contribution >= 0.6 is 0 Å². The van der Waals surface area contributed by atoms with Gasteiger partial charge in [-0.15, -0.1) is 0 Å². The number of hydrogen-bond acceptors (Lipinski definition) is 4. The Kier molecular flexibility index (Phi) is 3.51. The number of carboxylic acids is 1. The molecule has 15 heavy (non-hydrogen) atoms. The van der Waals surface area contributed by atoms with Gasteiger partial charge in [-0.05, 0) is 17.7 Å². The average Bonchev–Trinajstić information content (AvgIpc) is 2.18. The quantitative estimate of drug-likeness (QED) is 0.685. The maximum absolute atomic E-state index is 12.5. The van der Waals surface area contributed by atoms with E-state index in [0.717, 1.165) is 12.1 Å². The fraction of sp³-hybridized carbons (Fsp3) is 0.200. The van der Waals surface area contributed by atoms with Crippen molar-refractivity contribution in [2.24, 2.45) is 0 Å². The van der Waals surface area contributed by atoms with Gasteiger partial charge in [0.2, 0.25) is 0 Å². The SMILES string of the molecule is O=C([O-])C(=O)CC(O)c1ccc(F)cc1. The molecule has 1 aromatic carbocycles. The molecule has 0 aromatic heterocycles. The summed E-state index contributed by atoms with van der Waals surface area (Å²) in [5, 5.41) is 19.5. The summed E-state index contributed by atoms with van der Waals surface area (Å²) in [6.07, 6.45) is -1.83. The number of aliphatic hydroxyl groups excluding tert-OH is 1. The second kappa shape index (κ2) is 4.65. The third-order valence-corrected chi connectivity index (χ3v) is 1.86. The van der Waals surface area contributed by atoms with E-state index in [1.165, 1.54) is 12.1 Å². The number of ketones is 1. The van der Waals surface area contributed by atoms with E-state index >= 15 is 0 Å². The average molecular weight is 211 g/mol. The van der Waals surface area contributed by atoms with Gasteiger partial charge in [-0.2, -0.15) is 0 Å². The van der Waals surface area contributed by atoms with E-state index in [1.807, 2.05) is 0 Å². The minimum Gasteiger partial charge on any atom is -0.542 e. The van der Waals surface area contributed by atoms with Gasteiger partial charge in [0.1, 0.15) is 11.8 Å². The van der Waals surface area contributed by atoms with Gasteiger partial charge < -0.3 is 15.0 Å². The Morgan fingerprint density at radius 3 is 2.33 bits per heavy atom. The molecule has 0 bridgehead atoms. The third-order valence-electron chi connectivity index (χ3n) is 1.86. The van der Waals surface area contributed by atoms with E-state index < -0.39 is 30.1 Å². The molecule has 0 aliphatic heterocycles. The van der Waals surface area contributed by atoms with Crippen LogP contribution in [-0.4, -0.2) is 16.9 Å². The highest BCUT2D eigenvalue weighted by molar-refractivity contribution is 6.31. The summed E-state index contributed by atoms with van der Waals surface area (Å²) in [6.45, 7) is 0. The van der Waals surface area contributed by atoms with Crippen molar-refractivity contribution >= 4 is 11.8 Å². The van der Waals surface area contributed by atoms with Crippen LogP contribution in [0.1, 0.15) is 18.1 Å². The van der Waals surface area contributed by atoms with Crippen molar-refractivity contribution in [3.8, 4) is 0 Å². The van der Waals surface area contributed by atoms with Crippen LogP contribution in [-0.2, 0) is 9.59 Å². The number of hydrogen-bond donors (Lipinski definition) is 1. The fourth-order valence-electron chi connectivity index (χ4n) is 1.06. The first kappa shape index (κ1) is 11.3. The van der Waals surface area contributed by atoms with Crippen LogP contribution in [0.3, 0.4) is 0 Å². The molecular weight excluding hydrogens is 203 g/mol. The number of aliphatic hydroxyl groups is 1. The Hall–Kier alpha value is -1.75. The van der Waals surface area contributed by atoms with Crippen LogP contribution in [0.4, 0.5) is 4.39 Å². The molecule has 4 nitrogen and oxygen atoms in total. The maximum Gasteiger partial charge on any atom is 0.181 e. The highest BCUT2D eigenvalue weighted by atomic mass is 19.1. The van der Waals surface area contributed by atoms with Gasteiger partial charge >= 0.3 is 0 Å². The van der Waals surface area contributed by atoms with Crippen molar-refractivity contribution in [3.63, 3.8) is 0 Å². The van der Waals surface area contributed by atoms with E-state index in [9.17, 15) is 24.2 Å². The van der Waals surface area contributed by atoms with Crippen LogP contribution in [0.15, 0.2) is 24.3 Å². The summed E-state index contributed by atoms with van der Waals surface area (Å²) in [5.41, 5.74) is 0.283. The molecule has 1 aromatic rings. The topological polar surface area (TPSA) is 77.4 Å². The number of aliphatic carboxylic acids is 1. The molecule has 0 heterocycles. The van der Waals surface area contributed by atoms with Gasteiger partial charge in [-0.1, -0.05) is 12.1 Å². The van der Waals surface area contributed by atoms with Gasteiger partial charge in [0.25, 0.3) is 0 Å². The summed E-state index contributed by atoms with van der Waals surface area (Å²) in [4.78, 5) is 20.8. The lowest BCUT2D eigenvalue weighted by Gasteiger charge is -2.10. The summed E-state index contributed by atoms with van der Waals surface area (Å²) in [6, 6.07) is 4.79. The largest absolute Gasteiger partial charge is 0.542 e. The maximum atomic E-state index is 12.5. The van der Waals surface area contributed by atoms with Crippen molar-refractivity contribution in [1.82, 2.24) is 0 Å². The molecule has 1 rings (SSSR count). The van der Waals surface area contributed by atoms with Gasteiger partial charge in [0.15, 0.2) is 5.78 Å². The van der Waals surface area contributed by atoms with Crippen molar-refractivity contribution in [2.45, 2.75) is 12.5 Å². The molecule has 0 aliphatic carbocycles. The number of carbonyl (C=O) groups excluding carboxylic acids is 2. The molecule has 0 fully saturated rings. The Morgan fingerprint density at radius 1 is 1.33 bits per heavy atom. The van der Waals surface area contributed by atoms with Crippen molar-refractivity contribution in [1.29, 1.82) is 0 Å². The van der Waals surface area contributed by atoms with Crippen molar-refractivity contribution in [3.05, 3.63) is 35.6 Å². The first-order valence-corrected chi connectivity index (χ1v) is 4.18. The number of Topliss-reactive ketones (excluding diaryl/α,β-unsaturated/α-hetero) is 1. The highest BCUT2D eigenvalue weighted by Gasteiger charge is 2.13. The lowest BCUT2D eigenvalue weighted by Crippen LogP contribution is -2.32. The zero-order valence-corrected chi connectivity index (χ0v) is 7.64. The molecule has 0 saturated carbocycles. The number of halogens is 1. The normalized spacial score (nSPS) is 12.1. The molecule has 80 valence electrons. The molecule has 0 saturated heterocycles. The van der Waals surface area contributed by atoms with Crippen LogP contribution < -0.4 is 5.11 Å². The van der Waals surface area contributed by atoms with Gasteiger partial charge in [0.05, 0.1) is 6.10 Å². The molecule has 1 unspecified atom stereocenters. The second-order valence-corrected chi connectivity index (χ2v) is 2.98. The lowest BCUT2D eigenvalue weighted by atomic mass is 10.0. The monoisotopic (exact) mass is 211 g/mol. The Labute approximate surface area is 85.0 Å². The highest BCUT2D eigenvalue weighted by Crippen LogP contribution is 2.16. The van der Waals surface area contributed by atoms with Crippen LogP contribution in [0, 0.1) is 5.82 Å². The summed E-state index contributed by atoms with van der Waals surface area (Å²) >= 11 is 0. The number of benzene rings is 1. The van der Waals surface area contributed by atoms with E-state index in [4.69, 9.17) is 0 Å². The zero-order valence-electron chi connectivity index (χ0n) is 7.64.